The maximum Gasteiger partial charge on any atom is 0.277 e. The molecule has 0 unspecified atom stereocenters. The Bertz CT molecular complexity index is 1110. The summed E-state index contributed by atoms with van der Waals surface area (Å²) < 4.78 is 32.4. The number of carbonyl (C=O) groups excluding carboxylic acids is 1. The fraction of sp³-hybridized carbons (Fsp3) is 0.304. The molecule has 0 saturated carbocycles. The Balaban J connectivity index is 1.27. The molecular formula is C23H23ClF2N4O2. The summed E-state index contributed by atoms with van der Waals surface area (Å²) in [6.45, 7) is 6.13. The normalized spacial score (nSPS) is 15.1. The predicted molar refractivity (Wildman–Crippen MR) is 118 cm³/mol. The first-order chi connectivity index (χ1) is 15.4. The standard InChI is InChI=1S/C23H23ClF2N4O2/c1-15-2-4-17(11-20(15)26)27-23(31)21-14-32-22(28-21)13-30-8-6-29(7-9-30)12-16-3-5-19(25)18(24)10-16/h2-5,10-11,14H,6-9,12-13H2,1H3,(H,27,31). The van der Waals surface area contributed by atoms with Gasteiger partial charge in [0.2, 0.25) is 5.89 Å². The maximum absolute atomic E-state index is 13.7. The highest BCUT2D eigenvalue weighted by molar-refractivity contribution is 6.30. The minimum atomic E-state index is -0.453. The van der Waals surface area contributed by atoms with Crippen molar-refractivity contribution in [1.29, 1.82) is 0 Å². The van der Waals surface area contributed by atoms with E-state index in [1.54, 1.807) is 31.2 Å². The summed E-state index contributed by atoms with van der Waals surface area (Å²) in [6, 6.07) is 9.30. The zero-order valence-electron chi connectivity index (χ0n) is 17.6. The van der Waals surface area contributed by atoms with E-state index in [-0.39, 0.29) is 16.5 Å². The molecule has 1 amide bonds. The predicted octanol–water partition coefficient (Wildman–Crippen LogP) is 4.48. The van der Waals surface area contributed by atoms with E-state index in [1.807, 2.05) is 0 Å². The molecule has 0 atom stereocenters. The number of aromatic nitrogens is 1. The Morgan fingerprint density at radius 2 is 1.78 bits per heavy atom. The third-order valence-corrected chi connectivity index (χ3v) is 5.72. The van der Waals surface area contributed by atoms with E-state index in [2.05, 4.69) is 20.1 Å². The van der Waals surface area contributed by atoms with Gasteiger partial charge in [-0.25, -0.2) is 13.8 Å². The zero-order chi connectivity index (χ0) is 22.7. The molecule has 0 aliphatic carbocycles. The summed E-state index contributed by atoms with van der Waals surface area (Å²) in [7, 11) is 0. The van der Waals surface area contributed by atoms with Crippen LogP contribution in [0, 0.1) is 18.6 Å². The van der Waals surface area contributed by atoms with Crippen molar-refractivity contribution in [3.05, 3.63) is 82.0 Å². The zero-order valence-corrected chi connectivity index (χ0v) is 18.3. The number of nitrogens with zero attached hydrogens (tertiary/aromatic N) is 3. The number of benzene rings is 2. The van der Waals surface area contributed by atoms with Crippen molar-refractivity contribution in [2.45, 2.75) is 20.0 Å². The van der Waals surface area contributed by atoms with Gasteiger partial charge in [-0.15, -0.1) is 0 Å². The van der Waals surface area contributed by atoms with Crippen molar-refractivity contribution < 1.29 is 18.0 Å². The molecule has 6 nitrogen and oxygen atoms in total. The number of halogens is 3. The van der Waals surface area contributed by atoms with Gasteiger partial charge in [-0.1, -0.05) is 23.7 Å². The van der Waals surface area contributed by atoms with Crippen LogP contribution in [0.4, 0.5) is 14.5 Å². The van der Waals surface area contributed by atoms with Crippen molar-refractivity contribution in [2.24, 2.45) is 0 Å². The fourth-order valence-corrected chi connectivity index (χ4v) is 3.75. The quantitative estimate of drug-likeness (QED) is 0.587. The van der Waals surface area contributed by atoms with Gasteiger partial charge in [-0.05, 0) is 42.3 Å². The molecule has 1 N–H and O–H groups in total. The third kappa shape index (κ3) is 5.51. The second-order valence-electron chi connectivity index (χ2n) is 7.85. The van der Waals surface area contributed by atoms with Crippen LogP contribution in [-0.2, 0) is 13.1 Å². The van der Waals surface area contributed by atoms with Crippen molar-refractivity contribution >= 4 is 23.2 Å². The average Bonchev–Trinajstić information content (AvgIpc) is 3.23. The fourth-order valence-electron chi connectivity index (χ4n) is 3.55. The lowest BCUT2D eigenvalue weighted by molar-refractivity contribution is 0.102. The van der Waals surface area contributed by atoms with E-state index in [0.29, 0.717) is 30.2 Å². The van der Waals surface area contributed by atoms with E-state index in [0.717, 1.165) is 31.7 Å². The molecule has 1 aliphatic rings. The van der Waals surface area contributed by atoms with Crippen LogP contribution in [0.25, 0.3) is 0 Å². The van der Waals surface area contributed by atoms with Crippen molar-refractivity contribution in [2.75, 3.05) is 31.5 Å². The van der Waals surface area contributed by atoms with Crippen LogP contribution in [0.1, 0.15) is 27.5 Å². The molecule has 1 saturated heterocycles. The highest BCUT2D eigenvalue weighted by atomic mass is 35.5. The summed E-state index contributed by atoms with van der Waals surface area (Å²) in [5, 5.41) is 2.76. The lowest BCUT2D eigenvalue weighted by Gasteiger charge is -2.34. The van der Waals surface area contributed by atoms with Gasteiger partial charge < -0.3 is 9.73 Å². The minimum absolute atomic E-state index is 0.136. The Kier molecular flexibility index (Phi) is 6.83. The topological polar surface area (TPSA) is 61.6 Å². The lowest BCUT2D eigenvalue weighted by atomic mass is 10.2. The van der Waals surface area contributed by atoms with Gasteiger partial charge in [0.05, 0.1) is 11.6 Å². The summed E-state index contributed by atoms with van der Waals surface area (Å²) in [5.74, 6) is -0.800. The van der Waals surface area contributed by atoms with Crippen LogP contribution in [0.5, 0.6) is 0 Å². The number of oxazole rings is 1. The first-order valence-corrected chi connectivity index (χ1v) is 10.7. The average molecular weight is 461 g/mol. The number of hydrogen-bond donors (Lipinski definition) is 1. The molecule has 2 heterocycles. The van der Waals surface area contributed by atoms with Crippen molar-refractivity contribution in [1.82, 2.24) is 14.8 Å². The molecule has 1 fully saturated rings. The summed E-state index contributed by atoms with van der Waals surface area (Å²) in [4.78, 5) is 21.1. The van der Waals surface area contributed by atoms with E-state index in [9.17, 15) is 13.6 Å². The van der Waals surface area contributed by atoms with Gasteiger partial charge in [0.1, 0.15) is 17.9 Å². The third-order valence-electron chi connectivity index (χ3n) is 5.43. The molecule has 0 radical (unpaired) electrons. The maximum atomic E-state index is 13.7. The number of piperazine rings is 1. The Morgan fingerprint density at radius 3 is 2.47 bits per heavy atom. The Labute approximate surface area is 189 Å². The lowest BCUT2D eigenvalue weighted by Crippen LogP contribution is -2.45. The summed E-state index contributed by atoms with van der Waals surface area (Å²) in [6.07, 6.45) is 1.31. The first-order valence-electron chi connectivity index (χ1n) is 10.3. The second kappa shape index (κ2) is 9.77. The first kappa shape index (κ1) is 22.4. The number of carbonyl (C=O) groups is 1. The van der Waals surface area contributed by atoms with Crippen LogP contribution in [-0.4, -0.2) is 46.9 Å². The highest BCUT2D eigenvalue weighted by Crippen LogP contribution is 2.19. The number of hydrogen-bond acceptors (Lipinski definition) is 5. The molecule has 2 aromatic carbocycles. The van der Waals surface area contributed by atoms with Crippen LogP contribution in [0.3, 0.4) is 0 Å². The van der Waals surface area contributed by atoms with Crippen molar-refractivity contribution in [3.8, 4) is 0 Å². The van der Waals surface area contributed by atoms with Crippen LogP contribution >= 0.6 is 11.6 Å². The molecule has 4 rings (SSSR count). The number of nitrogens with one attached hydrogen (secondary N) is 1. The SMILES string of the molecule is Cc1ccc(NC(=O)c2coc(CN3CCN(Cc4ccc(F)c(Cl)c4)CC3)n2)cc1F. The van der Waals surface area contributed by atoms with E-state index < -0.39 is 11.7 Å². The molecule has 0 spiro atoms. The highest BCUT2D eigenvalue weighted by Gasteiger charge is 2.20. The molecule has 168 valence electrons. The van der Waals surface area contributed by atoms with Gasteiger partial charge in [0.15, 0.2) is 5.69 Å². The van der Waals surface area contributed by atoms with E-state index in [1.165, 1.54) is 18.4 Å². The monoisotopic (exact) mass is 460 g/mol. The molecule has 1 aliphatic heterocycles. The van der Waals surface area contributed by atoms with Gasteiger partial charge in [0.25, 0.3) is 5.91 Å². The van der Waals surface area contributed by atoms with Gasteiger partial charge in [-0.2, -0.15) is 0 Å². The Hall–Kier alpha value is -2.81. The molecular weight excluding hydrogens is 438 g/mol. The van der Waals surface area contributed by atoms with Gasteiger partial charge in [-0.3, -0.25) is 14.6 Å². The van der Waals surface area contributed by atoms with Crippen molar-refractivity contribution in [3.63, 3.8) is 0 Å². The summed E-state index contributed by atoms with van der Waals surface area (Å²) >= 11 is 5.86. The Morgan fingerprint density at radius 1 is 1.06 bits per heavy atom. The molecule has 1 aromatic heterocycles. The molecule has 9 heteroatoms. The smallest absolute Gasteiger partial charge is 0.277 e. The number of rotatable bonds is 6. The number of anilines is 1. The summed E-state index contributed by atoms with van der Waals surface area (Å²) in [5.41, 5.74) is 1.99. The number of aryl methyl sites for hydroxylation is 1. The van der Waals surface area contributed by atoms with Gasteiger partial charge >= 0.3 is 0 Å². The van der Waals surface area contributed by atoms with Gasteiger partial charge in [0, 0.05) is 38.4 Å². The second-order valence-corrected chi connectivity index (χ2v) is 8.25. The molecule has 3 aromatic rings. The van der Waals surface area contributed by atoms with Crippen LogP contribution < -0.4 is 5.32 Å². The van der Waals surface area contributed by atoms with Crippen LogP contribution in [0.15, 0.2) is 47.1 Å². The number of amides is 1. The minimum Gasteiger partial charge on any atom is -0.447 e. The van der Waals surface area contributed by atoms with E-state index >= 15 is 0 Å². The van der Waals surface area contributed by atoms with Crippen LogP contribution in [0.2, 0.25) is 5.02 Å². The largest absolute Gasteiger partial charge is 0.447 e. The molecule has 0 bridgehead atoms. The molecule has 32 heavy (non-hydrogen) atoms. The van der Waals surface area contributed by atoms with E-state index in [4.69, 9.17) is 16.0 Å².